The number of rotatable bonds is 8. The second-order valence-electron chi connectivity index (χ2n) is 7.41. The van der Waals surface area contributed by atoms with Crippen molar-refractivity contribution >= 4 is 57.0 Å². The summed E-state index contributed by atoms with van der Waals surface area (Å²) in [6.07, 6.45) is 2.51. The Morgan fingerprint density at radius 3 is 2.65 bits per heavy atom. The fourth-order valence-electron chi connectivity index (χ4n) is 3.46. The maximum absolute atomic E-state index is 12.5. The first-order valence-electron chi connectivity index (χ1n) is 10.2. The van der Waals surface area contributed by atoms with E-state index in [1.807, 2.05) is 0 Å². The number of sulfonamides is 1. The molecule has 1 saturated heterocycles. The molecule has 172 valence electrons. The van der Waals surface area contributed by atoms with Crippen LogP contribution in [0.2, 0.25) is 0 Å². The number of hydrogen-bond donors (Lipinski definition) is 2. The maximum atomic E-state index is 12.5. The molecule has 1 aliphatic heterocycles. The van der Waals surface area contributed by atoms with Gasteiger partial charge in [-0.1, -0.05) is 18.2 Å². The van der Waals surface area contributed by atoms with Crippen LogP contribution in [0.25, 0.3) is 0 Å². The predicted molar refractivity (Wildman–Crippen MR) is 140 cm³/mol. The number of benzene rings is 1. The van der Waals surface area contributed by atoms with E-state index in [9.17, 15) is 8.42 Å². The van der Waals surface area contributed by atoms with Gasteiger partial charge in [0.05, 0.1) is 6.04 Å². The average Bonchev–Trinajstić information content (AvgIpc) is 3.47. The molecule has 0 radical (unpaired) electrons. The van der Waals surface area contributed by atoms with Crippen LogP contribution in [0.1, 0.15) is 31.4 Å². The van der Waals surface area contributed by atoms with E-state index >= 15 is 0 Å². The van der Waals surface area contributed by atoms with Gasteiger partial charge in [-0.25, -0.2) is 8.42 Å². The van der Waals surface area contributed by atoms with Crippen molar-refractivity contribution in [2.24, 2.45) is 4.99 Å². The summed E-state index contributed by atoms with van der Waals surface area (Å²) in [4.78, 5) is 6.70. The summed E-state index contributed by atoms with van der Waals surface area (Å²) in [5, 5.41) is 8.38. The fourth-order valence-corrected chi connectivity index (χ4v) is 5.84. The minimum Gasteiger partial charge on any atom is -0.372 e. The molecule has 1 atom stereocenters. The van der Waals surface area contributed by atoms with Crippen molar-refractivity contribution in [2.75, 3.05) is 45.2 Å². The quantitative estimate of drug-likeness (QED) is 0.286. The van der Waals surface area contributed by atoms with Crippen molar-refractivity contribution in [3.63, 3.8) is 0 Å². The molecular formula is C21H32IN5O2S2. The number of nitrogens with zero attached hydrogens (tertiary/aromatic N) is 3. The Balaban J connectivity index is 0.00000341. The number of likely N-dealkylation sites (N-methyl/N-ethyl adjacent to an activating group) is 1. The molecule has 1 aromatic heterocycles. The molecule has 0 bridgehead atoms. The molecule has 0 saturated carbocycles. The van der Waals surface area contributed by atoms with Crippen molar-refractivity contribution in [2.45, 2.75) is 30.0 Å². The summed E-state index contributed by atoms with van der Waals surface area (Å²) in [5.41, 5.74) is 2.46. The summed E-state index contributed by atoms with van der Waals surface area (Å²) in [7, 11) is -0.119. The van der Waals surface area contributed by atoms with Crippen LogP contribution in [0, 0.1) is 0 Å². The molecule has 0 amide bonds. The van der Waals surface area contributed by atoms with E-state index in [1.165, 1.54) is 39.7 Å². The van der Waals surface area contributed by atoms with Crippen LogP contribution in [0.4, 0.5) is 5.69 Å². The lowest BCUT2D eigenvalue weighted by Crippen LogP contribution is -2.42. The molecule has 0 spiro atoms. The zero-order valence-electron chi connectivity index (χ0n) is 18.2. The lowest BCUT2D eigenvalue weighted by Gasteiger charge is -2.22. The Bertz CT molecular complexity index is 944. The van der Waals surface area contributed by atoms with Gasteiger partial charge in [-0.2, -0.15) is 4.31 Å². The van der Waals surface area contributed by atoms with Crippen molar-refractivity contribution in [3.8, 4) is 0 Å². The maximum Gasteiger partial charge on any atom is 0.252 e. The van der Waals surface area contributed by atoms with E-state index in [1.54, 1.807) is 31.6 Å². The first kappa shape index (κ1) is 25.9. The topological polar surface area (TPSA) is 77.0 Å². The van der Waals surface area contributed by atoms with Crippen LogP contribution in [-0.4, -0.2) is 59.0 Å². The van der Waals surface area contributed by atoms with Crippen molar-refractivity contribution in [1.82, 2.24) is 14.9 Å². The van der Waals surface area contributed by atoms with Crippen LogP contribution in [0.5, 0.6) is 0 Å². The third-order valence-corrected chi connectivity index (χ3v) is 8.53. The second kappa shape index (κ2) is 12.0. The average molecular weight is 578 g/mol. The van der Waals surface area contributed by atoms with E-state index in [4.69, 9.17) is 0 Å². The highest BCUT2D eigenvalue weighted by molar-refractivity contribution is 14.0. The minimum absolute atomic E-state index is 0. The molecule has 3 rings (SSSR count). The third-order valence-electron chi connectivity index (χ3n) is 5.30. The van der Waals surface area contributed by atoms with Gasteiger partial charge in [0.25, 0.3) is 10.0 Å². The molecule has 31 heavy (non-hydrogen) atoms. The van der Waals surface area contributed by atoms with Gasteiger partial charge in [0.15, 0.2) is 5.96 Å². The number of hydrogen-bond acceptors (Lipinski definition) is 5. The van der Waals surface area contributed by atoms with Crippen molar-refractivity contribution < 1.29 is 8.42 Å². The van der Waals surface area contributed by atoms with Gasteiger partial charge in [0.1, 0.15) is 4.21 Å². The van der Waals surface area contributed by atoms with Crippen LogP contribution < -0.4 is 15.5 Å². The monoisotopic (exact) mass is 577 g/mol. The van der Waals surface area contributed by atoms with Crippen LogP contribution in [0.3, 0.4) is 0 Å². The number of halogens is 1. The Labute approximate surface area is 207 Å². The number of aliphatic imine (C=N–C) groups is 1. The minimum atomic E-state index is -3.43. The molecule has 1 unspecified atom stereocenters. The number of nitrogens with one attached hydrogen (secondary N) is 2. The van der Waals surface area contributed by atoms with E-state index in [0.717, 1.165) is 13.1 Å². The summed E-state index contributed by atoms with van der Waals surface area (Å²) in [6.45, 7) is 5.15. The van der Waals surface area contributed by atoms with Gasteiger partial charge in [-0.05, 0) is 48.9 Å². The van der Waals surface area contributed by atoms with Gasteiger partial charge in [-0.15, -0.1) is 35.3 Å². The second-order valence-corrected chi connectivity index (χ2v) is 10.6. The smallest absolute Gasteiger partial charge is 0.252 e. The lowest BCUT2D eigenvalue weighted by molar-refractivity contribution is 0.471. The molecule has 1 aromatic carbocycles. The summed E-state index contributed by atoms with van der Waals surface area (Å²) in [6, 6.07) is 12.1. The molecule has 1 aliphatic rings. The van der Waals surface area contributed by atoms with Gasteiger partial charge in [-0.3, -0.25) is 4.99 Å². The van der Waals surface area contributed by atoms with Gasteiger partial charge >= 0.3 is 0 Å². The highest BCUT2D eigenvalue weighted by atomic mass is 127. The van der Waals surface area contributed by atoms with Crippen LogP contribution >= 0.6 is 35.3 Å². The largest absolute Gasteiger partial charge is 0.372 e. The van der Waals surface area contributed by atoms with E-state index < -0.39 is 10.0 Å². The Morgan fingerprint density at radius 2 is 2.00 bits per heavy atom. The zero-order valence-corrected chi connectivity index (χ0v) is 22.2. The molecular weight excluding hydrogens is 545 g/mol. The van der Waals surface area contributed by atoms with Crippen molar-refractivity contribution in [1.29, 1.82) is 0 Å². The van der Waals surface area contributed by atoms with Gasteiger partial charge in [0.2, 0.25) is 0 Å². The molecule has 0 aliphatic carbocycles. The SMILES string of the molecule is CN=C(NCCN(C)S(=O)(=O)c1cccs1)NC(C)c1cccc(N2CCCC2)c1.I. The number of guanidine groups is 1. The molecule has 2 N–H and O–H groups in total. The first-order valence-corrected chi connectivity index (χ1v) is 12.6. The number of thiophene rings is 1. The molecule has 1 fully saturated rings. The lowest BCUT2D eigenvalue weighted by atomic mass is 10.1. The van der Waals surface area contributed by atoms with Crippen LogP contribution in [0.15, 0.2) is 51.0 Å². The standard InChI is InChI=1S/C21H31N5O2S2.HI/c1-17(18-8-6-9-19(16-18)26-12-4-5-13-26)24-21(22-2)23-11-14-25(3)30(27,28)20-10-7-15-29-20;/h6-10,15-17H,4-5,11-14H2,1-3H3,(H2,22,23,24);1H. The Kier molecular flexibility index (Phi) is 10.0. The van der Waals surface area contributed by atoms with Gasteiger partial charge in [0, 0.05) is 46.0 Å². The third kappa shape index (κ3) is 6.80. The van der Waals surface area contributed by atoms with Crippen molar-refractivity contribution in [3.05, 3.63) is 47.3 Å². The van der Waals surface area contributed by atoms with E-state index in [2.05, 4.69) is 51.7 Å². The zero-order chi connectivity index (χ0) is 21.6. The summed E-state index contributed by atoms with van der Waals surface area (Å²) >= 11 is 1.23. The Morgan fingerprint density at radius 1 is 1.26 bits per heavy atom. The molecule has 2 aromatic rings. The molecule has 10 heteroatoms. The number of anilines is 1. The summed E-state index contributed by atoms with van der Waals surface area (Å²) in [5.74, 6) is 0.649. The molecule has 2 heterocycles. The highest BCUT2D eigenvalue weighted by Crippen LogP contribution is 2.24. The van der Waals surface area contributed by atoms with Crippen LogP contribution in [-0.2, 0) is 10.0 Å². The summed E-state index contributed by atoms with van der Waals surface area (Å²) < 4.78 is 26.7. The van der Waals surface area contributed by atoms with E-state index in [0.29, 0.717) is 23.3 Å². The normalized spacial score (nSPS) is 15.6. The highest BCUT2D eigenvalue weighted by Gasteiger charge is 2.21. The molecule has 7 nitrogen and oxygen atoms in total. The van der Waals surface area contributed by atoms with E-state index in [-0.39, 0.29) is 30.0 Å². The first-order chi connectivity index (χ1) is 14.4. The fraction of sp³-hybridized carbons (Fsp3) is 0.476. The Hall–Kier alpha value is -1.37. The predicted octanol–water partition coefficient (Wildman–Crippen LogP) is 3.51. The van der Waals surface area contributed by atoms with Gasteiger partial charge < -0.3 is 15.5 Å².